The summed E-state index contributed by atoms with van der Waals surface area (Å²) in [6, 6.07) is 7.23. The van der Waals surface area contributed by atoms with Crippen molar-refractivity contribution in [2.24, 2.45) is 0 Å². The molecule has 1 aromatic carbocycles. The van der Waals surface area contributed by atoms with Crippen LogP contribution in [0, 0.1) is 6.92 Å². The van der Waals surface area contributed by atoms with Crippen molar-refractivity contribution in [3.8, 4) is 5.75 Å². The van der Waals surface area contributed by atoms with Gasteiger partial charge in [-0.15, -0.1) is 0 Å². The van der Waals surface area contributed by atoms with Gasteiger partial charge in [-0.3, -0.25) is 0 Å². The summed E-state index contributed by atoms with van der Waals surface area (Å²) in [5.74, 6) is 1.02. The second kappa shape index (κ2) is 5.35. The van der Waals surface area contributed by atoms with Crippen LogP contribution in [0.25, 0.3) is 0 Å². The molecule has 1 aromatic rings. The van der Waals surface area contributed by atoms with E-state index >= 15 is 0 Å². The van der Waals surface area contributed by atoms with Gasteiger partial charge in [0.2, 0.25) is 0 Å². The van der Waals surface area contributed by atoms with Crippen molar-refractivity contribution in [1.82, 2.24) is 5.32 Å². The van der Waals surface area contributed by atoms with Gasteiger partial charge in [0.15, 0.2) is 0 Å². The highest BCUT2D eigenvalue weighted by Gasteiger charge is 2.14. The zero-order valence-electron chi connectivity index (χ0n) is 10.3. The van der Waals surface area contributed by atoms with Crippen LogP contribution in [0.4, 0.5) is 0 Å². The molecule has 1 atom stereocenters. The molecule has 1 aliphatic rings. The molecular weight excluding hydrogens is 198 g/mol. The Kier molecular flexibility index (Phi) is 3.83. The quantitative estimate of drug-likeness (QED) is 0.840. The predicted molar refractivity (Wildman–Crippen MR) is 67.1 cm³/mol. The molecule has 1 unspecified atom stereocenters. The van der Waals surface area contributed by atoms with E-state index in [2.05, 4.69) is 30.4 Å². The molecule has 1 fully saturated rings. The minimum Gasteiger partial charge on any atom is -0.494 e. The van der Waals surface area contributed by atoms with E-state index in [4.69, 9.17) is 4.74 Å². The van der Waals surface area contributed by atoms with Gasteiger partial charge < -0.3 is 10.1 Å². The Morgan fingerprint density at radius 3 is 2.94 bits per heavy atom. The lowest BCUT2D eigenvalue weighted by molar-refractivity contribution is 0.337. The van der Waals surface area contributed by atoms with E-state index < -0.39 is 0 Å². The van der Waals surface area contributed by atoms with Crippen molar-refractivity contribution in [2.75, 3.05) is 13.2 Å². The van der Waals surface area contributed by atoms with Gasteiger partial charge in [-0.05, 0) is 56.8 Å². The van der Waals surface area contributed by atoms with Gasteiger partial charge in [0.25, 0.3) is 0 Å². The van der Waals surface area contributed by atoms with Crippen LogP contribution in [-0.2, 0) is 6.42 Å². The molecule has 16 heavy (non-hydrogen) atoms. The second-order valence-corrected chi connectivity index (χ2v) is 4.53. The third-order valence-electron chi connectivity index (χ3n) is 3.18. The lowest BCUT2D eigenvalue weighted by Crippen LogP contribution is -2.23. The molecule has 2 rings (SSSR count). The molecule has 0 aromatic heterocycles. The van der Waals surface area contributed by atoms with E-state index in [-0.39, 0.29) is 0 Å². The fourth-order valence-electron chi connectivity index (χ4n) is 2.37. The van der Waals surface area contributed by atoms with Crippen LogP contribution in [0.3, 0.4) is 0 Å². The Bertz CT molecular complexity index is 343. The monoisotopic (exact) mass is 219 g/mol. The lowest BCUT2D eigenvalue weighted by atomic mass is 10.0. The average Bonchev–Trinajstić information content (AvgIpc) is 2.75. The van der Waals surface area contributed by atoms with Crippen LogP contribution in [0.5, 0.6) is 5.75 Å². The van der Waals surface area contributed by atoms with Crippen LogP contribution in [-0.4, -0.2) is 19.2 Å². The van der Waals surface area contributed by atoms with Gasteiger partial charge in [-0.2, -0.15) is 0 Å². The molecule has 1 saturated heterocycles. The molecule has 1 N–H and O–H groups in total. The van der Waals surface area contributed by atoms with Crippen molar-refractivity contribution in [1.29, 1.82) is 0 Å². The summed E-state index contributed by atoms with van der Waals surface area (Å²) in [4.78, 5) is 0. The zero-order valence-corrected chi connectivity index (χ0v) is 10.3. The van der Waals surface area contributed by atoms with Crippen molar-refractivity contribution < 1.29 is 4.74 Å². The highest BCUT2D eigenvalue weighted by atomic mass is 16.5. The van der Waals surface area contributed by atoms with E-state index in [1.807, 2.05) is 6.92 Å². The highest BCUT2D eigenvalue weighted by Crippen LogP contribution is 2.21. The molecular formula is C14H21NO. The van der Waals surface area contributed by atoms with Crippen molar-refractivity contribution >= 4 is 0 Å². The van der Waals surface area contributed by atoms with E-state index in [1.54, 1.807) is 0 Å². The summed E-state index contributed by atoms with van der Waals surface area (Å²) >= 11 is 0. The number of nitrogens with one attached hydrogen (secondary N) is 1. The topological polar surface area (TPSA) is 21.3 Å². The first kappa shape index (κ1) is 11.5. The first-order valence-electron chi connectivity index (χ1n) is 6.25. The number of hydrogen-bond acceptors (Lipinski definition) is 2. The van der Waals surface area contributed by atoms with Crippen LogP contribution in [0.2, 0.25) is 0 Å². The van der Waals surface area contributed by atoms with E-state index in [0.717, 1.165) is 18.8 Å². The van der Waals surface area contributed by atoms with Crippen LogP contribution >= 0.6 is 0 Å². The number of hydrogen-bond donors (Lipinski definition) is 1. The molecule has 0 radical (unpaired) electrons. The van der Waals surface area contributed by atoms with Crippen LogP contribution < -0.4 is 10.1 Å². The maximum atomic E-state index is 5.55. The minimum atomic E-state index is 0.678. The van der Waals surface area contributed by atoms with E-state index in [9.17, 15) is 0 Å². The summed E-state index contributed by atoms with van der Waals surface area (Å²) < 4.78 is 5.55. The maximum absolute atomic E-state index is 5.55. The number of ether oxygens (including phenoxy) is 1. The van der Waals surface area contributed by atoms with Crippen molar-refractivity contribution in [3.63, 3.8) is 0 Å². The van der Waals surface area contributed by atoms with Crippen LogP contribution in [0.1, 0.15) is 30.9 Å². The Balaban J connectivity index is 2.02. The molecule has 88 valence electrons. The summed E-state index contributed by atoms with van der Waals surface area (Å²) in [5.41, 5.74) is 2.66. The smallest absolute Gasteiger partial charge is 0.122 e. The van der Waals surface area contributed by atoms with E-state index in [1.165, 1.54) is 30.5 Å². The van der Waals surface area contributed by atoms with Gasteiger partial charge in [-0.1, -0.05) is 12.1 Å². The fraction of sp³-hybridized carbons (Fsp3) is 0.571. The largest absolute Gasteiger partial charge is 0.494 e. The summed E-state index contributed by atoms with van der Waals surface area (Å²) in [6.07, 6.45) is 3.78. The lowest BCUT2D eigenvalue weighted by Gasteiger charge is -2.12. The van der Waals surface area contributed by atoms with Crippen molar-refractivity contribution in [2.45, 2.75) is 39.2 Å². The Morgan fingerprint density at radius 1 is 1.44 bits per heavy atom. The molecule has 0 amide bonds. The van der Waals surface area contributed by atoms with Gasteiger partial charge in [0.05, 0.1) is 6.61 Å². The maximum Gasteiger partial charge on any atom is 0.122 e. The molecule has 0 saturated carbocycles. The molecule has 1 aliphatic heterocycles. The number of benzene rings is 1. The van der Waals surface area contributed by atoms with E-state index in [0.29, 0.717) is 6.04 Å². The third kappa shape index (κ3) is 2.76. The normalized spacial score (nSPS) is 20.0. The summed E-state index contributed by atoms with van der Waals surface area (Å²) in [5, 5.41) is 3.53. The van der Waals surface area contributed by atoms with Gasteiger partial charge in [0, 0.05) is 6.04 Å². The molecule has 0 aliphatic carbocycles. The molecule has 0 bridgehead atoms. The third-order valence-corrected chi connectivity index (χ3v) is 3.18. The van der Waals surface area contributed by atoms with Gasteiger partial charge in [-0.25, -0.2) is 0 Å². The summed E-state index contributed by atoms with van der Waals surface area (Å²) in [6.45, 7) is 6.07. The number of rotatable bonds is 4. The van der Waals surface area contributed by atoms with Crippen LogP contribution in [0.15, 0.2) is 18.2 Å². The Hall–Kier alpha value is -1.02. The average molecular weight is 219 g/mol. The second-order valence-electron chi connectivity index (χ2n) is 4.53. The predicted octanol–water partition coefficient (Wildman–Crippen LogP) is 2.69. The Labute approximate surface area is 98.0 Å². The fourth-order valence-corrected chi connectivity index (χ4v) is 2.37. The summed E-state index contributed by atoms with van der Waals surface area (Å²) in [7, 11) is 0. The SMILES string of the molecule is CCOc1ccc(CC2CCCN2)cc1C. The molecule has 2 nitrogen and oxygen atoms in total. The zero-order chi connectivity index (χ0) is 11.4. The van der Waals surface area contributed by atoms with Crippen molar-refractivity contribution in [3.05, 3.63) is 29.3 Å². The minimum absolute atomic E-state index is 0.678. The molecule has 1 heterocycles. The Morgan fingerprint density at radius 2 is 2.31 bits per heavy atom. The standard InChI is InChI=1S/C14H21NO/c1-3-16-14-7-6-12(9-11(14)2)10-13-5-4-8-15-13/h6-7,9,13,15H,3-5,8,10H2,1-2H3. The molecule has 2 heteroatoms. The number of aryl methyl sites for hydroxylation is 1. The van der Waals surface area contributed by atoms with Gasteiger partial charge >= 0.3 is 0 Å². The van der Waals surface area contributed by atoms with Gasteiger partial charge in [0.1, 0.15) is 5.75 Å². The first-order valence-corrected chi connectivity index (χ1v) is 6.25. The highest BCUT2D eigenvalue weighted by molar-refractivity contribution is 5.36. The molecule has 0 spiro atoms. The first-order chi connectivity index (χ1) is 7.79.